The van der Waals surface area contributed by atoms with E-state index in [0.717, 1.165) is 32.0 Å². The highest BCUT2D eigenvalue weighted by molar-refractivity contribution is 7.15. The zero-order valence-corrected chi connectivity index (χ0v) is 23.1. The van der Waals surface area contributed by atoms with Gasteiger partial charge < -0.3 is 18.9 Å². The molecular formula is C30H31FO7S. The Morgan fingerprint density at radius 1 is 0.949 bits per heavy atom. The van der Waals surface area contributed by atoms with Crippen LogP contribution in [0.1, 0.15) is 54.9 Å². The van der Waals surface area contributed by atoms with Crippen molar-refractivity contribution in [1.82, 2.24) is 0 Å². The van der Waals surface area contributed by atoms with Crippen LogP contribution in [0, 0.1) is 12.7 Å². The smallest absolute Gasteiger partial charge is 0.303 e. The van der Waals surface area contributed by atoms with Crippen molar-refractivity contribution < 1.29 is 37.7 Å². The molecule has 9 heteroatoms. The van der Waals surface area contributed by atoms with Gasteiger partial charge in [0.15, 0.2) is 6.10 Å². The van der Waals surface area contributed by atoms with Gasteiger partial charge in [-0.05, 0) is 53.4 Å². The van der Waals surface area contributed by atoms with E-state index in [2.05, 4.69) is 12.1 Å². The summed E-state index contributed by atoms with van der Waals surface area (Å²) in [7, 11) is 0. The normalized spacial score (nSPS) is 20.7. The van der Waals surface area contributed by atoms with Gasteiger partial charge in [0.2, 0.25) is 0 Å². The van der Waals surface area contributed by atoms with Gasteiger partial charge in [-0.25, -0.2) is 4.39 Å². The van der Waals surface area contributed by atoms with Crippen molar-refractivity contribution in [2.24, 2.45) is 0 Å². The minimum absolute atomic E-state index is 0.151. The molecule has 0 N–H and O–H groups in total. The van der Waals surface area contributed by atoms with Crippen molar-refractivity contribution in [2.45, 2.75) is 65.0 Å². The average molecular weight is 555 g/mol. The third-order valence-electron chi connectivity index (χ3n) is 6.49. The van der Waals surface area contributed by atoms with Crippen molar-refractivity contribution in [3.63, 3.8) is 0 Å². The molecule has 4 rings (SSSR count). The minimum Gasteiger partial charge on any atom is -0.463 e. The lowest BCUT2D eigenvalue weighted by atomic mass is 9.91. The molecule has 4 atom stereocenters. The van der Waals surface area contributed by atoms with Gasteiger partial charge in [0, 0.05) is 43.4 Å². The first-order valence-electron chi connectivity index (χ1n) is 12.7. The number of thiophene rings is 1. The lowest BCUT2D eigenvalue weighted by Gasteiger charge is -2.40. The summed E-state index contributed by atoms with van der Waals surface area (Å²) < 4.78 is 35.8. The van der Waals surface area contributed by atoms with E-state index in [-0.39, 0.29) is 18.8 Å². The van der Waals surface area contributed by atoms with Crippen molar-refractivity contribution >= 4 is 29.2 Å². The third kappa shape index (κ3) is 7.52. The summed E-state index contributed by atoms with van der Waals surface area (Å²) in [5, 5.41) is 0. The van der Waals surface area contributed by atoms with Crippen LogP contribution in [0.3, 0.4) is 0 Å². The van der Waals surface area contributed by atoms with E-state index in [9.17, 15) is 18.8 Å². The molecule has 0 bridgehead atoms. The van der Waals surface area contributed by atoms with E-state index in [0.29, 0.717) is 6.42 Å². The summed E-state index contributed by atoms with van der Waals surface area (Å²) in [6, 6.07) is 16.6. The van der Waals surface area contributed by atoms with Gasteiger partial charge in [0.1, 0.15) is 24.6 Å². The quantitative estimate of drug-likeness (QED) is 0.260. The molecule has 0 aliphatic carbocycles. The molecule has 0 amide bonds. The molecule has 1 aliphatic rings. The largest absolute Gasteiger partial charge is 0.463 e. The molecule has 0 saturated carbocycles. The standard InChI is InChI=1S/C30H31FO7S/c1-17-5-6-22(13-23(17)14-25-11-12-29(39-25)21-7-9-24(31)10-8-21)26-15-27(36-19(3)33)30(37-20(4)34)28(38-26)16-35-18(2)32/h5-13,26-28,30H,14-16H2,1-4H3/t26?,27?,28?,30-/m0/s1. The maximum Gasteiger partial charge on any atom is 0.303 e. The Morgan fingerprint density at radius 3 is 2.33 bits per heavy atom. The average Bonchev–Trinajstić information content (AvgIpc) is 3.33. The molecule has 2 aromatic carbocycles. The second-order valence-corrected chi connectivity index (χ2v) is 10.7. The zero-order chi connectivity index (χ0) is 28.1. The topological polar surface area (TPSA) is 88.1 Å². The van der Waals surface area contributed by atoms with Crippen LogP contribution in [-0.4, -0.2) is 42.8 Å². The number of carbonyl (C=O) groups excluding carboxylic acids is 3. The number of rotatable bonds is 8. The molecule has 1 aliphatic heterocycles. The second-order valence-electron chi connectivity index (χ2n) is 9.56. The van der Waals surface area contributed by atoms with Crippen molar-refractivity contribution in [1.29, 1.82) is 0 Å². The Balaban J connectivity index is 1.58. The highest BCUT2D eigenvalue weighted by Crippen LogP contribution is 2.37. The first-order valence-corrected chi connectivity index (χ1v) is 13.5. The van der Waals surface area contributed by atoms with E-state index >= 15 is 0 Å². The van der Waals surface area contributed by atoms with E-state index in [1.165, 1.54) is 32.9 Å². The van der Waals surface area contributed by atoms with Gasteiger partial charge in [0.05, 0.1) is 6.10 Å². The molecule has 1 aromatic heterocycles. The summed E-state index contributed by atoms with van der Waals surface area (Å²) in [4.78, 5) is 37.4. The number of ether oxygens (including phenoxy) is 4. The summed E-state index contributed by atoms with van der Waals surface area (Å²) in [5.41, 5.74) is 4.05. The van der Waals surface area contributed by atoms with Crippen LogP contribution in [0.2, 0.25) is 0 Å². The minimum atomic E-state index is -0.914. The molecule has 7 nitrogen and oxygen atoms in total. The summed E-state index contributed by atoms with van der Waals surface area (Å²) >= 11 is 1.65. The van der Waals surface area contributed by atoms with Crippen LogP contribution in [-0.2, 0) is 39.8 Å². The van der Waals surface area contributed by atoms with Crippen LogP contribution in [0.25, 0.3) is 10.4 Å². The Kier molecular flexibility index (Phi) is 9.14. The van der Waals surface area contributed by atoms with E-state index in [4.69, 9.17) is 18.9 Å². The highest BCUT2D eigenvalue weighted by atomic mass is 32.1. The number of esters is 3. The van der Waals surface area contributed by atoms with Crippen molar-refractivity contribution in [2.75, 3.05) is 6.61 Å². The maximum atomic E-state index is 13.3. The number of carbonyl (C=O) groups is 3. The number of aryl methyl sites for hydroxylation is 1. The van der Waals surface area contributed by atoms with Gasteiger partial charge in [-0.15, -0.1) is 11.3 Å². The summed E-state index contributed by atoms with van der Waals surface area (Å²) in [5.74, 6) is -1.83. The zero-order valence-electron chi connectivity index (χ0n) is 22.3. The van der Waals surface area contributed by atoms with Crippen LogP contribution >= 0.6 is 11.3 Å². The maximum absolute atomic E-state index is 13.3. The second kappa shape index (κ2) is 12.5. The molecule has 206 valence electrons. The fraction of sp³-hybridized carbons (Fsp3) is 0.367. The molecular weight excluding hydrogens is 523 g/mol. The molecule has 1 saturated heterocycles. The monoisotopic (exact) mass is 554 g/mol. The van der Waals surface area contributed by atoms with Crippen LogP contribution in [0.15, 0.2) is 54.6 Å². The molecule has 2 heterocycles. The highest BCUT2D eigenvalue weighted by Gasteiger charge is 2.44. The van der Waals surface area contributed by atoms with E-state index in [1.54, 1.807) is 23.5 Å². The van der Waals surface area contributed by atoms with Crippen molar-refractivity contribution in [3.05, 3.63) is 82.0 Å². The molecule has 39 heavy (non-hydrogen) atoms. The van der Waals surface area contributed by atoms with Gasteiger partial charge in [-0.2, -0.15) is 0 Å². The number of hydrogen-bond acceptors (Lipinski definition) is 8. The Bertz CT molecular complexity index is 1330. The first kappa shape index (κ1) is 28.4. The summed E-state index contributed by atoms with van der Waals surface area (Å²) in [6.07, 6.45) is -2.03. The number of hydrogen-bond donors (Lipinski definition) is 0. The lowest BCUT2D eigenvalue weighted by Crippen LogP contribution is -2.51. The third-order valence-corrected chi connectivity index (χ3v) is 7.62. The fourth-order valence-corrected chi connectivity index (χ4v) is 5.70. The molecule has 3 aromatic rings. The molecule has 3 unspecified atom stereocenters. The fourth-order valence-electron chi connectivity index (χ4n) is 4.66. The predicted molar refractivity (Wildman–Crippen MR) is 144 cm³/mol. The Labute approximate surface area is 230 Å². The van der Waals surface area contributed by atoms with E-state index in [1.807, 2.05) is 25.1 Å². The summed E-state index contributed by atoms with van der Waals surface area (Å²) in [6.45, 7) is 5.72. The molecule has 1 fully saturated rings. The van der Waals surface area contributed by atoms with Gasteiger partial charge in [-0.3, -0.25) is 14.4 Å². The van der Waals surface area contributed by atoms with E-state index < -0.39 is 42.3 Å². The Morgan fingerprint density at radius 2 is 1.67 bits per heavy atom. The lowest BCUT2D eigenvalue weighted by molar-refractivity contribution is -0.216. The van der Waals surface area contributed by atoms with Crippen molar-refractivity contribution in [3.8, 4) is 10.4 Å². The van der Waals surface area contributed by atoms with Gasteiger partial charge in [0.25, 0.3) is 0 Å². The van der Waals surface area contributed by atoms with Crippen LogP contribution < -0.4 is 0 Å². The number of halogens is 1. The number of benzene rings is 2. The predicted octanol–water partition coefficient (Wildman–Crippen LogP) is 5.71. The SMILES string of the molecule is CC(=O)OCC1OC(c2ccc(C)c(Cc3ccc(-c4ccc(F)cc4)s3)c2)CC(OC(C)=O)[C@@H]1OC(C)=O. The van der Waals surface area contributed by atoms with Crippen LogP contribution in [0.4, 0.5) is 4.39 Å². The van der Waals surface area contributed by atoms with Crippen LogP contribution in [0.5, 0.6) is 0 Å². The first-order chi connectivity index (χ1) is 18.6. The molecule has 0 radical (unpaired) electrons. The molecule has 0 spiro atoms. The van der Waals surface area contributed by atoms with Gasteiger partial charge in [-0.1, -0.05) is 30.3 Å². The Hall–Kier alpha value is -3.56. The van der Waals surface area contributed by atoms with Gasteiger partial charge >= 0.3 is 17.9 Å².